The fraction of sp³-hybridized carbons (Fsp3) is 0. The standard InChI is InChI=1S/C12H7As.3ClH.Zr/c1-3-7-11-9(5-1)10-6-2-4-8-12(10)13-11;;;;/h1-5,7-8H;3*1H;/q-1;;;;+3/p-3. The van der Waals surface area contributed by atoms with Crippen molar-refractivity contribution in [2.24, 2.45) is 0 Å². The van der Waals surface area contributed by atoms with Gasteiger partial charge in [0.15, 0.2) is 0 Å². The Morgan fingerprint density at radius 1 is 0.941 bits per heavy atom. The van der Waals surface area contributed by atoms with Crippen molar-refractivity contribution < 1.29 is 18.2 Å². The molecule has 0 unspecified atom stereocenters. The number of halogens is 3. The first-order valence-corrected chi connectivity index (χ1v) is 16.2. The maximum absolute atomic E-state index is 5.00. The molecule has 0 nitrogen and oxygen atoms in total. The van der Waals surface area contributed by atoms with Gasteiger partial charge in [0.05, 0.1) is 0 Å². The van der Waals surface area contributed by atoms with Crippen LogP contribution < -0.4 is 8.70 Å². The Balaban J connectivity index is 0.000000239. The van der Waals surface area contributed by atoms with E-state index in [9.17, 15) is 0 Å². The summed E-state index contributed by atoms with van der Waals surface area (Å²) < 4.78 is 3.02. The summed E-state index contributed by atoms with van der Waals surface area (Å²) in [4.78, 5) is 0. The molecule has 0 amide bonds. The van der Waals surface area contributed by atoms with Crippen molar-refractivity contribution in [3.05, 3.63) is 48.5 Å². The van der Waals surface area contributed by atoms with Crippen molar-refractivity contribution in [3.8, 4) is 11.1 Å². The first-order chi connectivity index (χ1) is 8.18. The molecule has 1 aliphatic heterocycles. The molecule has 86 valence electrons. The predicted octanol–water partition coefficient (Wildman–Crippen LogP) is 3.19. The van der Waals surface area contributed by atoms with Crippen LogP contribution in [-0.4, -0.2) is 15.8 Å². The van der Waals surface area contributed by atoms with Crippen LogP contribution in [0.3, 0.4) is 0 Å². The van der Waals surface area contributed by atoms with Crippen molar-refractivity contribution in [2.75, 3.05) is 0 Å². The SMILES string of the molecule is [Cl][Zr]([Cl])[Cl].[c-]1cccc2c1-c1ccccc1[As]2. The van der Waals surface area contributed by atoms with Crippen LogP contribution in [-0.2, 0) is 18.2 Å². The van der Waals surface area contributed by atoms with E-state index in [1.807, 2.05) is 6.07 Å². The van der Waals surface area contributed by atoms with Crippen molar-refractivity contribution >= 4 is 50.0 Å². The van der Waals surface area contributed by atoms with Crippen LogP contribution in [0.5, 0.6) is 0 Å². The van der Waals surface area contributed by atoms with Crippen molar-refractivity contribution in [1.29, 1.82) is 0 Å². The molecule has 1 aliphatic rings. The van der Waals surface area contributed by atoms with Crippen LogP contribution in [0.2, 0.25) is 0 Å². The number of fused-ring (bicyclic) bond motifs is 3. The Kier molecular flexibility index (Phi) is 5.65. The molecule has 0 bridgehead atoms. The predicted molar refractivity (Wildman–Crippen MR) is 73.3 cm³/mol. The van der Waals surface area contributed by atoms with Crippen LogP contribution in [0.25, 0.3) is 11.1 Å². The van der Waals surface area contributed by atoms with Gasteiger partial charge >= 0.3 is 128 Å². The van der Waals surface area contributed by atoms with Gasteiger partial charge in [0.1, 0.15) is 0 Å². The molecule has 0 saturated heterocycles. The summed E-state index contributed by atoms with van der Waals surface area (Å²) >= 11 is -1.91. The molecule has 0 saturated carbocycles. The Morgan fingerprint density at radius 3 is 2.35 bits per heavy atom. The number of hydrogen-bond donors (Lipinski definition) is 0. The van der Waals surface area contributed by atoms with E-state index in [0.29, 0.717) is 0 Å². The molecule has 5 heteroatoms. The second-order valence-corrected chi connectivity index (χ2v) is 17.0. The first-order valence-electron chi connectivity index (χ1n) is 4.84. The summed E-state index contributed by atoms with van der Waals surface area (Å²) in [6.45, 7) is 0. The van der Waals surface area contributed by atoms with Gasteiger partial charge in [-0.25, -0.2) is 0 Å². The molecule has 1 radical (unpaired) electrons. The van der Waals surface area contributed by atoms with E-state index in [0.717, 1.165) is 0 Å². The van der Waals surface area contributed by atoms with Gasteiger partial charge in [-0.05, 0) is 0 Å². The van der Waals surface area contributed by atoms with Crippen LogP contribution in [0.4, 0.5) is 0 Å². The third-order valence-corrected chi connectivity index (χ3v) is 4.86. The van der Waals surface area contributed by atoms with E-state index in [4.69, 9.17) is 25.5 Å². The summed E-state index contributed by atoms with van der Waals surface area (Å²) in [5.41, 5.74) is 2.73. The molecule has 0 fully saturated rings. The van der Waals surface area contributed by atoms with Gasteiger partial charge in [0.2, 0.25) is 0 Å². The van der Waals surface area contributed by atoms with Crippen LogP contribution >= 0.6 is 25.5 Å². The zero-order valence-corrected chi connectivity index (χ0v) is 15.2. The molecule has 2 aromatic carbocycles. The zero-order valence-electron chi connectivity index (χ0n) is 8.62. The minimum atomic E-state index is -2.13. The molecular weight excluding hydrogens is 417 g/mol. The average Bonchev–Trinajstić information content (AvgIpc) is 2.66. The van der Waals surface area contributed by atoms with E-state index in [2.05, 4.69) is 42.5 Å². The van der Waals surface area contributed by atoms with E-state index in [1.54, 1.807) is 0 Å². The Morgan fingerprint density at radius 2 is 1.59 bits per heavy atom. The molecule has 1 heterocycles. The third kappa shape index (κ3) is 3.85. The summed E-state index contributed by atoms with van der Waals surface area (Å²) in [5.74, 6) is 0. The van der Waals surface area contributed by atoms with Gasteiger partial charge in [-0.1, -0.05) is 0 Å². The molecule has 0 aliphatic carbocycles. The second-order valence-electron chi connectivity index (χ2n) is 3.27. The van der Waals surface area contributed by atoms with Crippen LogP contribution in [0.15, 0.2) is 42.5 Å². The van der Waals surface area contributed by atoms with Gasteiger partial charge in [-0.15, -0.1) is 0 Å². The average molecular weight is 424 g/mol. The van der Waals surface area contributed by atoms with E-state index in [1.165, 1.54) is 19.8 Å². The Hall–Kier alpha value is 0.752. The Labute approximate surface area is 126 Å². The minimum absolute atomic E-state index is 0.219. The monoisotopic (exact) mass is 421 g/mol. The molecule has 0 spiro atoms. The summed E-state index contributed by atoms with van der Waals surface area (Å²) in [6.07, 6.45) is 0. The third-order valence-electron chi connectivity index (χ3n) is 2.25. The summed E-state index contributed by atoms with van der Waals surface area (Å²) in [5, 5.41) is 0. The quantitative estimate of drug-likeness (QED) is 0.385. The number of rotatable bonds is 0. The molecule has 0 aromatic heterocycles. The Bertz CT molecular complexity index is 470. The van der Waals surface area contributed by atoms with Crippen LogP contribution in [0, 0.1) is 6.07 Å². The normalized spacial score (nSPS) is 12.4. The number of hydrogen-bond acceptors (Lipinski definition) is 0. The molecule has 0 atom stereocenters. The maximum atomic E-state index is 5.00. The van der Waals surface area contributed by atoms with Crippen molar-refractivity contribution in [2.45, 2.75) is 0 Å². The van der Waals surface area contributed by atoms with E-state index in [-0.39, 0.29) is 15.8 Å². The number of benzene rings is 2. The fourth-order valence-electron chi connectivity index (χ4n) is 1.65. The van der Waals surface area contributed by atoms with Crippen molar-refractivity contribution in [3.63, 3.8) is 0 Å². The van der Waals surface area contributed by atoms with Gasteiger partial charge in [-0.3, -0.25) is 0 Å². The first kappa shape index (κ1) is 14.2. The van der Waals surface area contributed by atoms with Gasteiger partial charge in [0.25, 0.3) is 0 Å². The van der Waals surface area contributed by atoms with E-state index < -0.39 is 18.2 Å². The molecule has 3 rings (SSSR count). The van der Waals surface area contributed by atoms with E-state index >= 15 is 0 Å². The summed E-state index contributed by atoms with van der Waals surface area (Å²) in [6, 6.07) is 18.3. The summed E-state index contributed by atoms with van der Waals surface area (Å²) in [7, 11) is 15.0. The fourth-order valence-corrected chi connectivity index (χ4v) is 4.13. The van der Waals surface area contributed by atoms with Gasteiger partial charge in [0, 0.05) is 0 Å². The molecule has 17 heavy (non-hydrogen) atoms. The van der Waals surface area contributed by atoms with Gasteiger partial charge in [-0.2, -0.15) is 0 Å². The second kappa shape index (κ2) is 6.78. The zero-order chi connectivity index (χ0) is 12.3. The van der Waals surface area contributed by atoms with Gasteiger partial charge < -0.3 is 0 Å². The van der Waals surface area contributed by atoms with Crippen LogP contribution in [0.1, 0.15) is 0 Å². The topological polar surface area (TPSA) is 0 Å². The molecule has 2 aromatic rings. The molecule has 0 N–H and O–H groups in total. The van der Waals surface area contributed by atoms with Crippen molar-refractivity contribution in [1.82, 2.24) is 0 Å². The molecular formula is C12H7AsCl3Zr-.